The first-order valence-electron chi connectivity index (χ1n) is 9.36. The molecule has 2 heterocycles. The van der Waals surface area contributed by atoms with E-state index in [2.05, 4.69) is 12.2 Å². The standard InChI is InChI=1S/C21H24N2O2S/c1-14-8-10-15(11-9-14)22-20(24)19-17-6-2-3-7-18(17)21(25)23(19)13-16-5-4-12-26-16/h2-7,12,14-15,19H,8-11,13H2,1H3,(H,22,24)/t14?,15?,19-/m1/s1. The molecule has 2 amide bonds. The number of hydrogen-bond donors (Lipinski definition) is 1. The minimum Gasteiger partial charge on any atom is -0.351 e. The van der Waals surface area contributed by atoms with Gasteiger partial charge in [0.15, 0.2) is 0 Å². The monoisotopic (exact) mass is 368 g/mol. The molecule has 2 aliphatic rings. The van der Waals surface area contributed by atoms with Crippen molar-refractivity contribution in [1.82, 2.24) is 10.2 Å². The second-order valence-electron chi connectivity index (χ2n) is 7.47. The minimum absolute atomic E-state index is 0.0422. The summed E-state index contributed by atoms with van der Waals surface area (Å²) in [5.41, 5.74) is 1.48. The van der Waals surface area contributed by atoms with E-state index in [1.54, 1.807) is 16.2 Å². The van der Waals surface area contributed by atoms with Crippen LogP contribution in [0.25, 0.3) is 0 Å². The van der Waals surface area contributed by atoms with Crippen LogP contribution in [0.15, 0.2) is 41.8 Å². The zero-order valence-corrected chi connectivity index (χ0v) is 15.8. The quantitative estimate of drug-likeness (QED) is 0.882. The van der Waals surface area contributed by atoms with Gasteiger partial charge in [-0.1, -0.05) is 31.2 Å². The third-order valence-corrected chi connectivity index (χ3v) is 6.44. The highest BCUT2D eigenvalue weighted by atomic mass is 32.1. The lowest BCUT2D eigenvalue weighted by Crippen LogP contribution is -2.44. The Labute approximate surface area is 158 Å². The molecule has 1 N–H and O–H groups in total. The first-order chi connectivity index (χ1) is 12.6. The summed E-state index contributed by atoms with van der Waals surface area (Å²) in [6.45, 7) is 2.75. The highest BCUT2D eigenvalue weighted by molar-refractivity contribution is 7.09. The number of carbonyl (C=O) groups excluding carboxylic acids is 2. The third kappa shape index (κ3) is 3.28. The van der Waals surface area contributed by atoms with Gasteiger partial charge in [0.25, 0.3) is 5.91 Å². The Hall–Kier alpha value is -2.14. The third-order valence-electron chi connectivity index (χ3n) is 5.58. The number of nitrogens with zero attached hydrogens (tertiary/aromatic N) is 1. The van der Waals surface area contributed by atoms with Gasteiger partial charge in [0, 0.05) is 16.5 Å². The van der Waals surface area contributed by atoms with Crippen LogP contribution in [0.2, 0.25) is 0 Å². The van der Waals surface area contributed by atoms with Crippen molar-refractivity contribution in [2.45, 2.75) is 51.2 Å². The molecule has 136 valence electrons. The smallest absolute Gasteiger partial charge is 0.255 e. The lowest BCUT2D eigenvalue weighted by atomic mass is 9.87. The molecule has 1 atom stereocenters. The maximum atomic E-state index is 13.1. The highest BCUT2D eigenvalue weighted by Gasteiger charge is 2.41. The predicted octanol–water partition coefficient (Wildman–Crippen LogP) is 4.14. The molecule has 1 saturated carbocycles. The topological polar surface area (TPSA) is 49.4 Å². The Morgan fingerprint density at radius 1 is 1.15 bits per heavy atom. The van der Waals surface area contributed by atoms with Gasteiger partial charge < -0.3 is 10.2 Å². The molecule has 1 fully saturated rings. The van der Waals surface area contributed by atoms with E-state index in [9.17, 15) is 9.59 Å². The van der Waals surface area contributed by atoms with E-state index in [1.165, 1.54) is 0 Å². The molecule has 1 aliphatic carbocycles. The summed E-state index contributed by atoms with van der Waals surface area (Å²) >= 11 is 1.61. The van der Waals surface area contributed by atoms with Crippen molar-refractivity contribution < 1.29 is 9.59 Å². The van der Waals surface area contributed by atoms with Crippen LogP contribution < -0.4 is 5.32 Å². The fraction of sp³-hybridized carbons (Fsp3) is 0.429. The number of nitrogens with one attached hydrogen (secondary N) is 1. The van der Waals surface area contributed by atoms with Gasteiger partial charge in [-0.3, -0.25) is 9.59 Å². The zero-order chi connectivity index (χ0) is 18.1. The molecule has 4 rings (SSSR count). The maximum absolute atomic E-state index is 13.1. The molecule has 0 bridgehead atoms. The number of carbonyl (C=O) groups is 2. The van der Waals surface area contributed by atoms with E-state index in [4.69, 9.17) is 0 Å². The molecule has 26 heavy (non-hydrogen) atoms. The average Bonchev–Trinajstić information content (AvgIpc) is 3.25. The number of fused-ring (bicyclic) bond motifs is 1. The highest BCUT2D eigenvalue weighted by Crippen LogP contribution is 2.36. The maximum Gasteiger partial charge on any atom is 0.255 e. The molecule has 5 heteroatoms. The van der Waals surface area contributed by atoms with Gasteiger partial charge in [-0.2, -0.15) is 0 Å². The molecule has 0 unspecified atom stereocenters. The van der Waals surface area contributed by atoms with Crippen molar-refractivity contribution in [3.63, 3.8) is 0 Å². The van der Waals surface area contributed by atoms with E-state index < -0.39 is 6.04 Å². The summed E-state index contributed by atoms with van der Waals surface area (Å²) in [6.07, 6.45) is 4.37. The Bertz CT molecular complexity index is 794. The SMILES string of the molecule is CC1CCC(NC(=O)[C@H]2c3ccccc3C(=O)N2Cc2cccs2)CC1. The second-order valence-corrected chi connectivity index (χ2v) is 8.50. The summed E-state index contributed by atoms with van der Waals surface area (Å²) in [6, 6.07) is 11.2. The van der Waals surface area contributed by atoms with Crippen molar-refractivity contribution >= 4 is 23.2 Å². The van der Waals surface area contributed by atoms with E-state index in [0.29, 0.717) is 12.1 Å². The van der Waals surface area contributed by atoms with Gasteiger partial charge in [-0.15, -0.1) is 11.3 Å². The molecule has 1 aromatic heterocycles. The molecule has 0 radical (unpaired) electrons. The Morgan fingerprint density at radius 2 is 1.92 bits per heavy atom. The van der Waals surface area contributed by atoms with E-state index in [0.717, 1.165) is 42.0 Å². The van der Waals surface area contributed by atoms with Crippen LogP contribution in [0, 0.1) is 5.92 Å². The van der Waals surface area contributed by atoms with E-state index >= 15 is 0 Å². The van der Waals surface area contributed by atoms with Crippen LogP contribution >= 0.6 is 11.3 Å². The van der Waals surface area contributed by atoms with Crippen LogP contribution in [0.3, 0.4) is 0 Å². The van der Waals surface area contributed by atoms with Gasteiger partial charge in [0.1, 0.15) is 6.04 Å². The Morgan fingerprint density at radius 3 is 2.65 bits per heavy atom. The molecule has 1 aliphatic heterocycles. The first kappa shape index (κ1) is 17.3. The molecular weight excluding hydrogens is 344 g/mol. The van der Waals surface area contributed by atoms with Gasteiger partial charge >= 0.3 is 0 Å². The summed E-state index contributed by atoms with van der Waals surface area (Å²) in [5, 5.41) is 5.22. The Balaban J connectivity index is 1.57. The fourth-order valence-electron chi connectivity index (χ4n) is 4.07. The summed E-state index contributed by atoms with van der Waals surface area (Å²) in [4.78, 5) is 28.9. The van der Waals surface area contributed by atoms with Gasteiger partial charge in [0.2, 0.25) is 5.91 Å². The summed E-state index contributed by atoms with van der Waals surface area (Å²) < 4.78 is 0. The lowest BCUT2D eigenvalue weighted by Gasteiger charge is -2.30. The van der Waals surface area contributed by atoms with Crippen LogP contribution in [-0.4, -0.2) is 22.8 Å². The number of hydrogen-bond acceptors (Lipinski definition) is 3. The van der Waals surface area contributed by atoms with Crippen LogP contribution in [-0.2, 0) is 11.3 Å². The van der Waals surface area contributed by atoms with Crippen molar-refractivity contribution in [3.05, 3.63) is 57.8 Å². The predicted molar refractivity (Wildman–Crippen MR) is 103 cm³/mol. The minimum atomic E-state index is -0.528. The van der Waals surface area contributed by atoms with Crippen molar-refractivity contribution in [2.75, 3.05) is 0 Å². The normalized spacial score (nSPS) is 25.2. The van der Waals surface area contributed by atoms with Crippen LogP contribution in [0.5, 0.6) is 0 Å². The van der Waals surface area contributed by atoms with Crippen molar-refractivity contribution in [1.29, 1.82) is 0 Å². The molecule has 1 aromatic carbocycles. The van der Waals surface area contributed by atoms with Crippen molar-refractivity contribution in [3.8, 4) is 0 Å². The van der Waals surface area contributed by atoms with E-state index in [1.807, 2.05) is 41.8 Å². The van der Waals surface area contributed by atoms with Gasteiger partial charge in [-0.05, 0) is 54.7 Å². The van der Waals surface area contributed by atoms with Crippen LogP contribution in [0.4, 0.5) is 0 Å². The number of rotatable bonds is 4. The lowest BCUT2D eigenvalue weighted by molar-refractivity contribution is -0.126. The molecule has 2 aromatic rings. The first-order valence-corrected chi connectivity index (χ1v) is 10.2. The largest absolute Gasteiger partial charge is 0.351 e. The summed E-state index contributed by atoms with van der Waals surface area (Å²) in [7, 11) is 0. The van der Waals surface area contributed by atoms with Crippen molar-refractivity contribution in [2.24, 2.45) is 5.92 Å². The fourth-order valence-corrected chi connectivity index (χ4v) is 4.77. The summed E-state index contributed by atoms with van der Waals surface area (Å²) in [5.74, 6) is 0.651. The zero-order valence-electron chi connectivity index (χ0n) is 15.0. The number of benzene rings is 1. The molecular formula is C21H24N2O2S. The average molecular weight is 369 g/mol. The Kier molecular flexibility index (Phi) is 4.81. The van der Waals surface area contributed by atoms with Gasteiger partial charge in [-0.25, -0.2) is 0 Å². The number of amides is 2. The van der Waals surface area contributed by atoms with Gasteiger partial charge in [0.05, 0.1) is 6.54 Å². The van der Waals surface area contributed by atoms with Crippen LogP contribution in [0.1, 0.15) is 59.4 Å². The molecule has 4 nitrogen and oxygen atoms in total. The number of thiophene rings is 1. The van der Waals surface area contributed by atoms with E-state index in [-0.39, 0.29) is 17.9 Å². The molecule has 0 saturated heterocycles. The second kappa shape index (κ2) is 7.23. The molecule has 0 spiro atoms.